The Kier molecular flexibility index (Phi) is 6.39. The van der Waals surface area contributed by atoms with Crippen molar-refractivity contribution >= 4 is 11.8 Å². The zero-order chi connectivity index (χ0) is 29.1. The second kappa shape index (κ2) is 8.85. The molecule has 0 saturated carbocycles. The van der Waals surface area contributed by atoms with Gasteiger partial charge in [0.2, 0.25) is 0 Å². The number of amides is 2. The summed E-state index contributed by atoms with van der Waals surface area (Å²) in [6.07, 6.45) is -9.12. The number of benzene rings is 2. The molecule has 2 aromatic rings. The second-order valence-electron chi connectivity index (χ2n) is 10.7. The monoisotopic (exact) mass is 554 g/mol. The zero-order valence-electron chi connectivity index (χ0n) is 21.2. The van der Waals surface area contributed by atoms with Crippen molar-refractivity contribution in [3.8, 4) is 0 Å². The second-order valence-corrected chi connectivity index (χ2v) is 10.7. The first kappa shape index (κ1) is 28.2. The average molecular weight is 554 g/mol. The smallest absolute Gasteiger partial charge is 0.347 e. The molecule has 2 N–H and O–H groups in total. The number of alkyl halides is 6. The number of carbonyl (C=O) groups is 2. The van der Waals surface area contributed by atoms with E-state index in [1.807, 2.05) is 0 Å². The third kappa shape index (κ3) is 5.50. The molecule has 2 heterocycles. The minimum Gasteiger partial charge on any atom is -0.347 e. The maximum Gasteiger partial charge on any atom is 0.442 e. The summed E-state index contributed by atoms with van der Waals surface area (Å²) in [6, 6.07) is 9.58. The Morgan fingerprint density at radius 1 is 0.615 bits per heavy atom. The molecule has 0 atom stereocenters. The molecule has 0 saturated heterocycles. The molecule has 14 heteroatoms. The van der Waals surface area contributed by atoms with E-state index in [2.05, 4.69) is 31.1 Å². The van der Waals surface area contributed by atoms with Crippen LogP contribution in [0.15, 0.2) is 69.0 Å². The molecule has 0 aliphatic carbocycles. The Hall–Kier alpha value is -3.84. The maximum atomic E-state index is 13.2. The number of hydrogen-bond donors (Lipinski definition) is 2. The van der Waals surface area contributed by atoms with Crippen LogP contribution in [0.5, 0.6) is 0 Å². The lowest BCUT2D eigenvalue weighted by Gasteiger charge is -2.36. The molecule has 208 valence electrons. The molecular formula is C25H24F6N6O2. The van der Waals surface area contributed by atoms with Gasteiger partial charge in [-0.1, -0.05) is 24.3 Å². The Balaban J connectivity index is 1.36. The molecule has 2 amide bonds. The first-order valence-electron chi connectivity index (χ1n) is 11.7. The van der Waals surface area contributed by atoms with Crippen LogP contribution in [0.4, 0.5) is 26.3 Å². The molecule has 8 nitrogen and oxygen atoms in total. The highest BCUT2D eigenvalue weighted by Gasteiger charge is 2.66. The molecule has 0 bridgehead atoms. The van der Waals surface area contributed by atoms with Gasteiger partial charge in [-0.2, -0.15) is 26.3 Å². The van der Waals surface area contributed by atoms with Crippen molar-refractivity contribution in [1.82, 2.24) is 10.6 Å². The Bertz CT molecular complexity index is 1230. The van der Waals surface area contributed by atoms with E-state index in [1.165, 1.54) is 24.3 Å². The summed E-state index contributed by atoms with van der Waals surface area (Å²) < 4.78 is 79.1. The van der Waals surface area contributed by atoms with Crippen LogP contribution in [-0.2, 0) is 11.3 Å². The van der Waals surface area contributed by atoms with E-state index in [0.29, 0.717) is 0 Å². The summed E-state index contributed by atoms with van der Waals surface area (Å²) in [7, 11) is 0. The van der Waals surface area contributed by atoms with Crippen molar-refractivity contribution in [3.63, 3.8) is 0 Å². The summed E-state index contributed by atoms with van der Waals surface area (Å²) >= 11 is 0. The fourth-order valence-electron chi connectivity index (χ4n) is 4.55. The van der Waals surface area contributed by atoms with Crippen molar-refractivity contribution in [1.29, 1.82) is 0 Å². The van der Waals surface area contributed by atoms with Crippen LogP contribution in [0.1, 0.15) is 66.0 Å². The predicted octanol–water partition coefficient (Wildman–Crippen LogP) is 6.16. The van der Waals surface area contributed by atoms with Crippen molar-refractivity contribution < 1.29 is 35.9 Å². The molecular weight excluding hydrogens is 530 g/mol. The molecule has 39 heavy (non-hydrogen) atoms. The van der Waals surface area contributed by atoms with Gasteiger partial charge in [0, 0.05) is 33.3 Å². The predicted molar refractivity (Wildman–Crippen MR) is 126 cm³/mol. The average Bonchev–Trinajstić information content (AvgIpc) is 3.70. The summed E-state index contributed by atoms with van der Waals surface area (Å²) in [5, 5.41) is 18.1. The molecule has 0 fully saturated rings. The number of nitrogens with one attached hydrogen (secondary N) is 2. The lowest BCUT2D eigenvalue weighted by Crippen LogP contribution is -2.53. The zero-order valence-corrected chi connectivity index (χ0v) is 21.2. The van der Waals surface area contributed by atoms with Crippen molar-refractivity contribution in [2.24, 2.45) is 20.5 Å². The summed E-state index contributed by atoms with van der Waals surface area (Å²) in [5.41, 5.74) is -7.06. The van der Waals surface area contributed by atoms with Gasteiger partial charge < -0.3 is 10.6 Å². The fourth-order valence-corrected chi connectivity index (χ4v) is 4.55. The lowest BCUT2D eigenvalue weighted by molar-refractivity contribution is -0.166. The number of rotatable bonds is 8. The Labute approximate surface area is 219 Å². The van der Waals surface area contributed by atoms with Crippen LogP contribution in [-0.4, -0.2) is 35.2 Å². The van der Waals surface area contributed by atoms with Gasteiger partial charge in [-0.3, -0.25) is 9.59 Å². The Morgan fingerprint density at radius 3 is 1.13 bits per heavy atom. The van der Waals surface area contributed by atoms with Gasteiger partial charge in [0.15, 0.2) is 0 Å². The highest BCUT2D eigenvalue weighted by molar-refractivity contribution is 5.95. The van der Waals surface area contributed by atoms with Crippen molar-refractivity contribution in [2.45, 2.75) is 68.9 Å². The van der Waals surface area contributed by atoms with Crippen LogP contribution in [0, 0.1) is 0 Å². The van der Waals surface area contributed by atoms with Crippen LogP contribution in [0.2, 0.25) is 0 Å². The first-order chi connectivity index (χ1) is 17.8. The molecule has 0 unspecified atom stereocenters. The number of carbonyl (C=O) groups excluding carboxylic acids is 2. The Morgan fingerprint density at radius 2 is 0.897 bits per heavy atom. The SMILES string of the molecule is CC(C)(CC(C)(C)NC(=O)c1ccc(C2(C(F)(F)F)N=N2)cc1)NC(=O)c1ccc(C2(C(F)(F)F)N=N2)cc1. The summed E-state index contributed by atoms with van der Waals surface area (Å²) in [5.74, 6) is -1.08. The van der Waals surface area contributed by atoms with Gasteiger partial charge in [0.05, 0.1) is 0 Å². The van der Waals surface area contributed by atoms with Crippen molar-refractivity contribution in [2.75, 3.05) is 0 Å². The van der Waals surface area contributed by atoms with Crippen LogP contribution < -0.4 is 10.6 Å². The lowest BCUT2D eigenvalue weighted by atomic mass is 9.86. The minimum absolute atomic E-state index is 0.123. The van der Waals surface area contributed by atoms with Gasteiger partial charge in [0.1, 0.15) is 0 Å². The maximum absolute atomic E-state index is 13.2. The van der Waals surface area contributed by atoms with E-state index in [4.69, 9.17) is 0 Å². The quantitative estimate of drug-likeness (QED) is 0.382. The summed E-state index contributed by atoms with van der Waals surface area (Å²) in [6.45, 7) is 6.84. The molecule has 2 aliphatic rings. The van der Waals surface area contributed by atoms with Crippen LogP contribution >= 0.6 is 0 Å². The van der Waals surface area contributed by atoms with E-state index in [9.17, 15) is 35.9 Å². The van der Waals surface area contributed by atoms with Gasteiger partial charge in [-0.15, -0.1) is 20.5 Å². The number of halogens is 6. The van der Waals surface area contributed by atoms with E-state index < -0.39 is 46.6 Å². The third-order valence-electron chi connectivity index (χ3n) is 6.28. The van der Waals surface area contributed by atoms with Crippen molar-refractivity contribution in [3.05, 3.63) is 70.8 Å². The summed E-state index contributed by atoms with van der Waals surface area (Å²) in [4.78, 5) is 25.6. The van der Waals surface area contributed by atoms with E-state index in [0.717, 1.165) is 24.3 Å². The minimum atomic E-state index is -4.68. The van der Waals surface area contributed by atoms with Gasteiger partial charge in [-0.05, 0) is 58.4 Å². The van der Waals surface area contributed by atoms with Gasteiger partial charge in [0.25, 0.3) is 11.8 Å². The molecule has 0 aromatic heterocycles. The highest BCUT2D eigenvalue weighted by Crippen LogP contribution is 2.53. The standard InChI is InChI=1S/C25H24F6N6O2/c1-20(2,32-18(38)14-5-9-16(10-6-14)22(34-35-22)24(26,27)28)13-21(3,4)33-19(39)15-7-11-17(12-8-15)23(36-37-23)25(29,30)31/h5-12H,13H2,1-4H3,(H,32,38)(H,33,39). The molecule has 0 spiro atoms. The highest BCUT2D eigenvalue weighted by atomic mass is 19.4. The first-order valence-corrected chi connectivity index (χ1v) is 11.7. The topological polar surface area (TPSA) is 108 Å². The molecule has 2 aromatic carbocycles. The van der Waals surface area contributed by atoms with Crippen LogP contribution in [0.3, 0.4) is 0 Å². The van der Waals surface area contributed by atoms with Gasteiger partial charge >= 0.3 is 23.7 Å². The fraction of sp³-hybridized carbons (Fsp3) is 0.440. The normalized spacial score (nSPS) is 17.5. The molecule has 4 rings (SSSR count). The van der Waals surface area contributed by atoms with E-state index >= 15 is 0 Å². The largest absolute Gasteiger partial charge is 0.442 e. The third-order valence-corrected chi connectivity index (χ3v) is 6.28. The van der Waals surface area contributed by atoms with E-state index in [-0.39, 0.29) is 28.7 Å². The number of nitrogens with zero attached hydrogens (tertiary/aromatic N) is 4. The number of hydrogen-bond acceptors (Lipinski definition) is 6. The molecule has 0 radical (unpaired) electrons. The van der Waals surface area contributed by atoms with Gasteiger partial charge in [-0.25, -0.2) is 0 Å². The van der Waals surface area contributed by atoms with E-state index in [1.54, 1.807) is 27.7 Å². The van der Waals surface area contributed by atoms with Crippen LogP contribution in [0.25, 0.3) is 0 Å². The molecule has 2 aliphatic heterocycles.